The van der Waals surface area contributed by atoms with Crippen LogP contribution in [0.3, 0.4) is 0 Å². The Balaban J connectivity index is 1.86. The van der Waals surface area contributed by atoms with Crippen molar-refractivity contribution in [2.45, 2.75) is 45.3 Å². The van der Waals surface area contributed by atoms with E-state index < -0.39 is 0 Å². The monoisotopic (exact) mass is 249 g/mol. The third-order valence-corrected chi connectivity index (χ3v) is 3.55. The van der Waals surface area contributed by atoms with Gasteiger partial charge < -0.3 is 15.2 Å². The van der Waals surface area contributed by atoms with Crippen molar-refractivity contribution in [3.8, 4) is 5.75 Å². The van der Waals surface area contributed by atoms with Gasteiger partial charge in [0, 0.05) is 19.1 Å². The Hall–Kier alpha value is -1.06. The summed E-state index contributed by atoms with van der Waals surface area (Å²) in [5.41, 5.74) is 8.79. The molecule has 1 aromatic carbocycles. The first kappa shape index (κ1) is 13.4. The molecule has 3 nitrogen and oxygen atoms in total. The van der Waals surface area contributed by atoms with Crippen LogP contribution >= 0.6 is 0 Å². The molecule has 0 saturated heterocycles. The number of nitrogens with two attached hydrogens (primary N) is 1. The lowest BCUT2D eigenvalue weighted by Gasteiger charge is -2.19. The van der Waals surface area contributed by atoms with Crippen LogP contribution in [0.2, 0.25) is 0 Å². The molecule has 0 bridgehead atoms. The second kappa shape index (κ2) is 6.21. The normalized spacial score (nSPS) is 17.1. The van der Waals surface area contributed by atoms with Crippen molar-refractivity contribution in [1.82, 2.24) is 0 Å². The fourth-order valence-corrected chi connectivity index (χ4v) is 2.35. The molecule has 18 heavy (non-hydrogen) atoms. The van der Waals surface area contributed by atoms with E-state index in [0.29, 0.717) is 0 Å². The summed E-state index contributed by atoms with van der Waals surface area (Å²) in [6.45, 7) is 5.60. The average molecular weight is 249 g/mol. The van der Waals surface area contributed by atoms with Crippen LogP contribution in [-0.2, 0) is 17.6 Å². The third-order valence-electron chi connectivity index (χ3n) is 3.55. The summed E-state index contributed by atoms with van der Waals surface area (Å²) in [5.74, 6) is 1.05. The smallest absolute Gasteiger partial charge is 0.122 e. The second-order valence-corrected chi connectivity index (χ2v) is 4.90. The van der Waals surface area contributed by atoms with Crippen molar-refractivity contribution in [2.75, 3.05) is 13.2 Å². The number of fused-ring (bicyclic) bond motifs is 1. The predicted octanol–water partition coefficient (Wildman–Crippen LogP) is 2.31. The SMILES string of the molecule is CCOC(C)C(N)CCc1ccc2c(c1)CCO2. The molecule has 0 saturated carbocycles. The largest absolute Gasteiger partial charge is 0.493 e. The number of hydrogen-bond acceptors (Lipinski definition) is 3. The van der Waals surface area contributed by atoms with Crippen LogP contribution in [0.4, 0.5) is 0 Å². The van der Waals surface area contributed by atoms with Gasteiger partial charge in [0.05, 0.1) is 12.7 Å². The average Bonchev–Trinajstić information content (AvgIpc) is 2.83. The van der Waals surface area contributed by atoms with Crippen molar-refractivity contribution in [3.63, 3.8) is 0 Å². The second-order valence-electron chi connectivity index (χ2n) is 4.90. The molecule has 2 atom stereocenters. The summed E-state index contributed by atoms with van der Waals surface area (Å²) >= 11 is 0. The summed E-state index contributed by atoms with van der Waals surface area (Å²) in [6, 6.07) is 6.58. The molecule has 1 aromatic rings. The highest BCUT2D eigenvalue weighted by Crippen LogP contribution is 2.26. The van der Waals surface area contributed by atoms with E-state index in [9.17, 15) is 0 Å². The number of benzene rings is 1. The molecule has 3 heteroatoms. The van der Waals surface area contributed by atoms with Gasteiger partial charge in [0.25, 0.3) is 0 Å². The van der Waals surface area contributed by atoms with E-state index in [0.717, 1.165) is 38.2 Å². The van der Waals surface area contributed by atoms with Gasteiger partial charge in [-0.05, 0) is 43.9 Å². The van der Waals surface area contributed by atoms with E-state index in [2.05, 4.69) is 18.2 Å². The van der Waals surface area contributed by atoms with Gasteiger partial charge in [0.1, 0.15) is 5.75 Å². The van der Waals surface area contributed by atoms with Crippen molar-refractivity contribution in [1.29, 1.82) is 0 Å². The van der Waals surface area contributed by atoms with Gasteiger partial charge in [-0.15, -0.1) is 0 Å². The topological polar surface area (TPSA) is 44.5 Å². The van der Waals surface area contributed by atoms with E-state index in [1.165, 1.54) is 11.1 Å². The molecule has 0 fully saturated rings. The van der Waals surface area contributed by atoms with Crippen molar-refractivity contribution in [3.05, 3.63) is 29.3 Å². The lowest BCUT2D eigenvalue weighted by Crippen LogP contribution is -2.35. The zero-order chi connectivity index (χ0) is 13.0. The van der Waals surface area contributed by atoms with Crippen LogP contribution in [0.5, 0.6) is 5.75 Å². The number of aryl methyl sites for hydroxylation is 1. The molecule has 100 valence electrons. The maximum atomic E-state index is 6.11. The Morgan fingerprint density at radius 1 is 1.44 bits per heavy atom. The molecular weight excluding hydrogens is 226 g/mol. The van der Waals surface area contributed by atoms with Crippen molar-refractivity contribution < 1.29 is 9.47 Å². The summed E-state index contributed by atoms with van der Waals surface area (Å²) in [4.78, 5) is 0. The summed E-state index contributed by atoms with van der Waals surface area (Å²) in [6.07, 6.45) is 3.13. The predicted molar refractivity (Wildman–Crippen MR) is 73.0 cm³/mol. The van der Waals surface area contributed by atoms with E-state index in [4.69, 9.17) is 15.2 Å². The van der Waals surface area contributed by atoms with E-state index in [-0.39, 0.29) is 12.1 Å². The molecule has 0 aliphatic carbocycles. The van der Waals surface area contributed by atoms with Gasteiger partial charge in [-0.25, -0.2) is 0 Å². The highest BCUT2D eigenvalue weighted by molar-refractivity contribution is 5.39. The Morgan fingerprint density at radius 2 is 2.28 bits per heavy atom. The minimum atomic E-state index is 0.106. The van der Waals surface area contributed by atoms with Crippen LogP contribution in [0, 0.1) is 0 Å². The first-order valence-electron chi connectivity index (χ1n) is 6.82. The van der Waals surface area contributed by atoms with Gasteiger partial charge in [0.15, 0.2) is 0 Å². The first-order chi connectivity index (χ1) is 8.70. The molecule has 0 amide bonds. The Morgan fingerprint density at radius 3 is 3.06 bits per heavy atom. The fraction of sp³-hybridized carbons (Fsp3) is 0.600. The highest BCUT2D eigenvalue weighted by Gasteiger charge is 2.15. The van der Waals surface area contributed by atoms with Crippen LogP contribution in [0.1, 0.15) is 31.4 Å². The minimum absolute atomic E-state index is 0.106. The minimum Gasteiger partial charge on any atom is -0.493 e. The van der Waals surface area contributed by atoms with Crippen molar-refractivity contribution in [2.24, 2.45) is 5.73 Å². The third kappa shape index (κ3) is 3.24. The van der Waals surface area contributed by atoms with Gasteiger partial charge in [-0.3, -0.25) is 0 Å². The van der Waals surface area contributed by atoms with Gasteiger partial charge in [-0.2, -0.15) is 0 Å². The van der Waals surface area contributed by atoms with Crippen LogP contribution in [-0.4, -0.2) is 25.4 Å². The molecule has 1 aliphatic rings. The molecular formula is C15H23NO2. The van der Waals surface area contributed by atoms with Crippen LogP contribution < -0.4 is 10.5 Å². The molecule has 2 N–H and O–H groups in total. The highest BCUT2D eigenvalue weighted by atomic mass is 16.5. The fourth-order valence-electron chi connectivity index (χ4n) is 2.35. The zero-order valence-corrected chi connectivity index (χ0v) is 11.3. The van der Waals surface area contributed by atoms with Gasteiger partial charge in [-0.1, -0.05) is 12.1 Å². The maximum Gasteiger partial charge on any atom is 0.122 e. The Labute approximate surface area is 109 Å². The number of rotatable bonds is 6. The number of hydrogen-bond donors (Lipinski definition) is 1. The molecule has 1 aliphatic heterocycles. The van der Waals surface area contributed by atoms with Crippen LogP contribution in [0.25, 0.3) is 0 Å². The summed E-state index contributed by atoms with van der Waals surface area (Å²) in [7, 11) is 0. The molecule has 2 rings (SSSR count). The lowest BCUT2D eigenvalue weighted by atomic mass is 10.0. The Kier molecular flexibility index (Phi) is 4.61. The number of ether oxygens (including phenoxy) is 2. The van der Waals surface area contributed by atoms with Gasteiger partial charge in [0.2, 0.25) is 0 Å². The van der Waals surface area contributed by atoms with E-state index in [1.54, 1.807) is 0 Å². The first-order valence-corrected chi connectivity index (χ1v) is 6.82. The zero-order valence-electron chi connectivity index (χ0n) is 11.3. The van der Waals surface area contributed by atoms with Crippen LogP contribution in [0.15, 0.2) is 18.2 Å². The van der Waals surface area contributed by atoms with Crippen molar-refractivity contribution >= 4 is 0 Å². The summed E-state index contributed by atoms with van der Waals surface area (Å²) in [5, 5.41) is 0. The molecule has 1 heterocycles. The molecule has 0 spiro atoms. The molecule has 2 unspecified atom stereocenters. The standard InChI is InChI=1S/C15H23NO2/c1-3-17-11(2)14(16)6-4-12-5-7-15-13(10-12)8-9-18-15/h5,7,10-11,14H,3-4,6,8-9,16H2,1-2H3. The summed E-state index contributed by atoms with van der Waals surface area (Å²) < 4.78 is 11.0. The maximum absolute atomic E-state index is 6.11. The Bertz CT molecular complexity index is 392. The van der Waals surface area contributed by atoms with Gasteiger partial charge >= 0.3 is 0 Å². The lowest BCUT2D eigenvalue weighted by molar-refractivity contribution is 0.0557. The van der Waals surface area contributed by atoms with E-state index in [1.807, 2.05) is 13.8 Å². The quantitative estimate of drug-likeness (QED) is 0.841. The molecule has 0 radical (unpaired) electrons. The molecule has 0 aromatic heterocycles. The van der Waals surface area contributed by atoms with E-state index >= 15 is 0 Å².